The van der Waals surface area contributed by atoms with Gasteiger partial charge >= 0.3 is 0 Å². The van der Waals surface area contributed by atoms with Gasteiger partial charge in [-0.3, -0.25) is 9.48 Å². The molecule has 0 aromatic carbocycles. The van der Waals surface area contributed by atoms with E-state index < -0.39 is 0 Å². The van der Waals surface area contributed by atoms with Crippen LogP contribution in [0.2, 0.25) is 5.15 Å². The van der Waals surface area contributed by atoms with E-state index in [4.69, 9.17) is 11.6 Å². The fourth-order valence-electron chi connectivity index (χ4n) is 1.68. The second-order valence-corrected chi connectivity index (χ2v) is 4.85. The van der Waals surface area contributed by atoms with Crippen molar-refractivity contribution in [1.29, 1.82) is 0 Å². The van der Waals surface area contributed by atoms with Crippen LogP contribution in [-0.4, -0.2) is 22.2 Å². The quantitative estimate of drug-likeness (QED) is 0.781. The van der Waals surface area contributed by atoms with Gasteiger partial charge < -0.3 is 5.32 Å². The largest absolute Gasteiger partial charge is 0.353 e. The van der Waals surface area contributed by atoms with Crippen LogP contribution in [0, 0.1) is 6.92 Å². The molecule has 0 radical (unpaired) electrons. The Morgan fingerprint density at radius 1 is 1.42 bits per heavy atom. The molecular formula is C14H22ClN3O. The van der Waals surface area contributed by atoms with E-state index in [1.165, 1.54) is 6.08 Å². The number of rotatable bonds is 7. The van der Waals surface area contributed by atoms with Gasteiger partial charge in [-0.1, -0.05) is 31.9 Å². The summed E-state index contributed by atoms with van der Waals surface area (Å²) in [4.78, 5) is 11.5. The molecule has 0 saturated heterocycles. The molecule has 1 aromatic rings. The van der Waals surface area contributed by atoms with E-state index >= 15 is 0 Å². The molecule has 5 heteroatoms. The zero-order valence-corrected chi connectivity index (χ0v) is 12.6. The molecule has 0 fully saturated rings. The van der Waals surface area contributed by atoms with Gasteiger partial charge in [-0.05, 0) is 25.8 Å². The van der Waals surface area contributed by atoms with Crippen LogP contribution >= 0.6 is 11.6 Å². The van der Waals surface area contributed by atoms with Gasteiger partial charge in [0.25, 0.3) is 0 Å². The molecule has 0 aliphatic carbocycles. The molecule has 0 bridgehead atoms. The highest BCUT2D eigenvalue weighted by atomic mass is 35.5. The van der Waals surface area contributed by atoms with Gasteiger partial charge in [0.1, 0.15) is 5.15 Å². The van der Waals surface area contributed by atoms with E-state index in [1.54, 1.807) is 10.8 Å². The van der Waals surface area contributed by atoms with Crippen LogP contribution in [0.1, 0.15) is 44.4 Å². The van der Waals surface area contributed by atoms with E-state index in [0.29, 0.717) is 11.7 Å². The minimum absolute atomic E-state index is 0.0985. The van der Waals surface area contributed by atoms with Crippen LogP contribution in [0.5, 0.6) is 0 Å². The predicted molar refractivity (Wildman–Crippen MR) is 79.2 cm³/mol. The molecule has 4 nitrogen and oxygen atoms in total. The van der Waals surface area contributed by atoms with Crippen LogP contribution in [0.3, 0.4) is 0 Å². The van der Waals surface area contributed by atoms with Crippen molar-refractivity contribution >= 4 is 23.6 Å². The second-order valence-electron chi connectivity index (χ2n) is 4.49. The van der Waals surface area contributed by atoms with E-state index in [9.17, 15) is 4.79 Å². The van der Waals surface area contributed by atoms with Crippen LogP contribution in [-0.2, 0) is 11.3 Å². The molecule has 1 amide bonds. The lowest BCUT2D eigenvalue weighted by atomic mass is 10.2. The highest BCUT2D eigenvalue weighted by Gasteiger charge is 2.10. The first-order valence-corrected chi connectivity index (χ1v) is 7.16. The lowest BCUT2D eigenvalue weighted by Crippen LogP contribution is -2.21. The first-order chi connectivity index (χ1) is 9.10. The number of hydrogen-bond acceptors (Lipinski definition) is 2. The summed E-state index contributed by atoms with van der Waals surface area (Å²) in [5, 5.41) is 7.78. The Kier molecular flexibility index (Phi) is 6.64. The highest BCUT2D eigenvalue weighted by Crippen LogP contribution is 2.21. The molecule has 1 aromatic heterocycles. The number of aromatic nitrogens is 2. The molecule has 106 valence electrons. The van der Waals surface area contributed by atoms with Gasteiger partial charge in [0.05, 0.1) is 5.69 Å². The predicted octanol–water partition coefficient (Wildman–Crippen LogP) is 3.18. The maximum Gasteiger partial charge on any atom is 0.244 e. The Bertz CT molecular complexity index is 452. The Balaban J connectivity index is 2.75. The SMILES string of the molecule is CCCCn1nc(C)c(/C=C/C(=O)NCCC)c1Cl. The van der Waals surface area contributed by atoms with Crippen molar-refractivity contribution in [1.82, 2.24) is 15.1 Å². The van der Waals surface area contributed by atoms with Gasteiger partial charge in [-0.2, -0.15) is 5.10 Å². The third-order valence-corrected chi connectivity index (χ3v) is 3.18. The van der Waals surface area contributed by atoms with E-state index in [-0.39, 0.29) is 5.91 Å². The van der Waals surface area contributed by atoms with Crippen molar-refractivity contribution in [3.8, 4) is 0 Å². The molecule has 0 spiro atoms. The summed E-state index contributed by atoms with van der Waals surface area (Å²) in [7, 11) is 0. The van der Waals surface area contributed by atoms with Gasteiger partial charge in [-0.25, -0.2) is 0 Å². The summed E-state index contributed by atoms with van der Waals surface area (Å²) in [6.45, 7) is 7.54. The van der Waals surface area contributed by atoms with Gasteiger partial charge in [0, 0.05) is 24.7 Å². The number of amides is 1. The minimum atomic E-state index is -0.0985. The normalized spacial score (nSPS) is 11.2. The Morgan fingerprint density at radius 2 is 2.16 bits per heavy atom. The van der Waals surface area contributed by atoms with E-state index in [0.717, 1.165) is 37.1 Å². The van der Waals surface area contributed by atoms with Crippen LogP contribution in [0.15, 0.2) is 6.08 Å². The monoisotopic (exact) mass is 283 g/mol. The summed E-state index contributed by atoms with van der Waals surface area (Å²) in [6, 6.07) is 0. The molecule has 0 atom stereocenters. The smallest absolute Gasteiger partial charge is 0.244 e. The molecule has 1 heterocycles. The maximum atomic E-state index is 11.5. The third kappa shape index (κ3) is 4.71. The summed E-state index contributed by atoms with van der Waals surface area (Å²) in [5.41, 5.74) is 1.67. The number of nitrogens with one attached hydrogen (secondary N) is 1. The number of unbranched alkanes of at least 4 members (excludes halogenated alkanes) is 1. The first-order valence-electron chi connectivity index (χ1n) is 6.78. The second kappa shape index (κ2) is 8.00. The lowest BCUT2D eigenvalue weighted by Gasteiger charge is -2.00. The van der Waals surface area contributed by atoms with Crippen molar-refractivity contribution in [2.45, 2.75) is 46.6 Å². The molecule has 19 heavy (non-hydrogen) atoms. The molecular weight excluding hydrogens is 262 g/mol. The topological polar surface area (TPSA) is 46.9 Å². The fraction of sp³-hybridized carbons (Fsp3) is 0.571. The van der Waals surface area contributed by atoms with Crippen molar-refractivity contribution < 1.29 is 4.79 Å². The van der Waals surface area contributed by atoms with Crippen molar-refractivity contribution in [2.24, 2.45) is 0 Å². The minimum Gasteiger partial charge on any atom is -0.353 e. The Hall–Kier alpha value is -1.29. The third-order valence-electron chi connectivity index (χ3n) is 2.78. The Labute approximate surface area is 119 Å². The summed E-state index contributed by atoms with van der Waals surface area (Å²) in [6.07, 6.45) is 6.31. The number of halogens is 1. The fourth-order valence-corrected chi connectivity index (χ4v) is 2.00. The van der Waals surface area contributed by atoms with E-state index in [1.807, 2.05) is 13.8 Å². The number of carbonyl (C=O) groups is 1. The maximum absolute atomic E-state index is 11.5. The molecule has 0 saturated carbocycles. The van der Waals surface area contributed by atoms with E-state index in [2.05, 4.69) is 17.3 Å². The highest BCUT2D eigenvalue weighted by molar-refractivity contribution is 6.31. The molecule has 1 rings (SSSR count). The lowest BCUT2D eigenvalue weighted by molar-refractivity contribution is -0.116. The van der Waals surface area contributed by atoms with Crippen LogP contribution < -0.4 is 5.32 Å². The zero-order valence-electron chi connectivity index (χ0n) is 11.9. The van der Waals surface area contributed by atoms with Gasteiger partial charge in [0.2, 0.25) is 5.91 Å². The molecule has 0 unspecified atom stereocenters. The summed E-state index contributed by atoms with van der Waals surface area (Å²) < 4.78 is 1.80. The van der Waals surface area contributed by atoms with Gasteiger partial charge in [0.15, 0.2) is 0 Å². The number of nitrogens with zero attached hydrogens (tertiary/aromatic N) is 2. The standard InChI is InChI=1S/C14H22ClN3O/c1-4-6-10-18-14(15)12(11(3)17-18)7-8-13(19)16-9-5-2/h7-8H,4-6,9-10H2,1-3H3,(H,16,19)/b8-7+. The Morgan fingerprint density at radius 3 is 2.79 bits per heavy atom. The number of hydrogen-bond donors (Lipinski definition) is 1. The molecule has 1 N–H and O–H groups in total. The first kappa shape index (κ1) is 15.8. The van der Waals surface area contributed by atoms with Crippen molar-refractivity contribution in [3.05, 3.63) is 22.5 Å². The number of aryl methyl sites for hydroxylation is 2. The average Bonchev–Trinajstić information content (AvgIpc) is 2.66. The van der Waals surface area contributed by atoms with Crippen LogP contribution in [0.4, 0.5) is 0 Å². The molecule has 0 aliphatic heterocycles. The summed E-state index contributed by atoms with van der Waals surface area (Å²) in [5.74, 6) is -0.0985. The summed E-state index contributed by atoms with van der Waals surface area (Å²) >= 11 is 6.27. The van der Waals surface area contributed by atoms with Crippen LogP contribution in [0.25, 0.3) is 6.08 Å². The van der Waals surface area contributed by atoms with Crippen molar-refractivity contribution in [2.75, 3.05) is 6.54 Å². The van der Waals surface area contributed by atoms with Gasteiger partial charge in [-0.15, -0.1) is 0 Å². The number of carbonyl (C=O) groups excluding carboxylic acids is 1. The average molecular weight is 284 g/mol. The van der Waals surface area contributed by atoms with Crippen molar-refractivity contribution in [3.63, 3.8) is 0 Å². The zero-order chi connectivity index (χ0) is 14.3. The molecule has 0 aliphatic rings.